The molecule has 0 bridgehead atoms. The first kappa shape index (κ1) is 9.45. The highest BCUT2D eigenvalue weighted by Gasteiger charge is 2.30. The summed E-state index contributed by atoms with van der Waals surface area (Å²) < 4.78 is 0. The average molecular weight is 211 g/mol. The van der Waals surface area contributed by atoms with Crippen LogP contribution in [-0.4, -0.2) is 35.9 Å². The maximum absolute atomic E-state index is 11.8. The molecule has 5 heteroatoms. The van der Waals surface area contributed by atoms with Crippen molar-refractivity contribution in [2.75, 3.05) is 19.4 Å². The number of nitrogens with zero attached hydrogens (tertiary/aromatic N) is 2. The second-order valence-corrected chi connectivity index (χ2v) is 4.29. The van der Waals surface area contributed by atoms with Gasteiger partial charge in [-0.25, -0.2) is 4.98 Å². The van der Waals surface area contributed by atoms with Crippen molar-refractivity contribution < 1.29 is 4.79 Å². The molecule has 0 radical (unpaired) electrons. The predicted molar refractivity (Wildman–Crippen MR) is 56.8 cm³/mol. The first-order valence-electron chi connectivity index (χ1n) is 4.63. The molecule has 1 amide bonds. The van der Waals surface area contributed by atoms with Gasteiger partial charge in [-0.2, -0.15) is 0 Å². The number of rotatable bonds is 3. The Labute approximate surface area is 86.9 Å². The number of aromatic nitrogens is 1. The molecular formula is C9H13N3OS. The third-order valence-electron chi connectivity index (χ3n) is 2.35. The van der Waals surface area contributed by atoms with E-state index in [0.717, 1.165) is 18.0 Å². The maximum atomic E-state index is 11.8. The molecule has 1 fully saturated rings. The van der Waals surface area contributed by atoms with E-state index in [1.807, 2.05) is 7.05 Å². The summed E-state index contributed by atoms with van der Waals surface area (Å²) in [5, 5.41) is 5.51. The van der Waals surface area contributed by atoms with Crippen LogP contribution in [0.4, 0.5) is 5.13 Å². The number of hydrogen-bond donors (Lipinski definition) is 1. The lowest BCUT2D eigenvalue weighted by molar-refractivity contribution is 0.0780. The van der Waals surface area contributed by atoms with Crippen molar-refractivity contribution in [2.24, 2.45) is 0 Å². The van der Waals surface area contributed by atoms with E-state index in [0.29, 0.717) is 11.7 Å². The largest absolute Gasteiger partial charge is 0.365 e. The van der Waals surface area contributed by atoms with Crippen LogP contribution in [0.2, 0.25) is 0 Å². The molecule has 1 aliphatic carbocycles. The standard InChI is InChI=1S/C9H13N3OS/c1-10-9-11-7(5-14-9)8(13)12(2)6-3-4-6/h5-6H,3-4H2,1-2H3,(H,10,11). The number of hydrogen-bond acceptors (Lipinski definition) is 4. The molecule has 14 heavy (non-hydrogen) atoms. The summed E-state index contributed by atoms with van der Waals surface area (Å²) in [6, 6.07) is 0.447. The van der Waals surface area contributed by atoms with Gasteiger partial charge in [-0.3, -0.25) is 4.79 Å². The van der Waals surface area contributed by atoms with Gasteiger partial charge in [0, 0.05) is 25.5 Å². The van der Waals surface area contributed by atoms with Gasteiger partial charge in [-0.05, 0) is 12.8 Å². The predicted octanol–water partition coefficient (Wildman–Crippen LogP) is 1.42. The fraction of sp³-hybridized carbons (Fsp3) is 0.556. The van der Waals surface area contributed by atoms with Crippen molar-refractivity contribution in [1.82, 2.24) is 9.88 Å². The van der Waals surface area contributed by atoms with Crippen LogP contribution in [-0.2, 0) is 0 Å². The highest BCUT2D eigenvalue weighted by molar-refractivity contribution is 7.13. The molecular weight excluding hydrogens is 198 g/mol. The van der Waals surface area contributed by atoms with Crippen molar-refractivity contribution >= 4 is 22.4 Å². The average Bonchev–Trinajstić information content (AvgIpc) is 2.94. The lowest BCUT2D eigenvalue weighted by Gasteiger charge is -2.13. The van der Waals surface area contributed by atoms with Crippen molar-refractivity contribution in [3.8, 4) is 0 Å². The molecule has 1 aliphatic rings. The van der Waals surface area contributed by atoms with Crippen LogP contribution in [0.1, 0.15) is 23.3 Å². The van der Waals surface area contributed by atoms with Crippen LogP contribution < -0.4 is 5.32 Å². The van der Waals surface area contributed by atoms with Gasteiger partial charge < -0.3 is 10.2 Å². The zero-order valence-corrected chi connectivity index (χ0v) is 9.10. The highest BCUT2D eigenvalue weighted by Crippen LogP contribution is 2.27. The van der Waals surface area contributed by atoms with E-state index >= 15 is 0 Å². The lowest BCUT2D eigenvalue weighted by Crippen LogP contribution is -2.28. The van der Waals surface area contributed by atoms with Gasteiger partial charge in [0.1, 0.15) is 5.69 Å². The summed E-state index contributed by atoms with van der Waals surface area (Å²) in [6.07, 6.45) is 2.26. The van der Waals surface area contributed by atoms with Gasteiger partial charge >= 0.3 is 0 Å². The number of amides is 1. The molecule has 0 aliphatic heterocycles. The maximum Gasteiger partial charge on any atom is 0.273 e. The molecule has 0 atom stereocenters. The minimum absolute atomic E-state index is 0.0326. The van der Waals surface area contributed by atoms with Crippen LogP contribution in [0.3, 0.4) is 0 Å². The van der Waals surface area contributed by atoms with Gasteiger partial charge in [-0.15, -0.1) is 11.3 Å². The monoisotopic (exact) mass is 211 g/mol. The van der Waals surface area contributed by atoms with E-state index in [2.05, 4.69) is 10.3 Å². The highest BCUT2D eigenvalue weighted by atomic mass is 32.1. The Kier molecular flexibility index (Phi) is 2.41. The first-order chi connectivity index (χ1) is 6.72. The molecule has 0 unspecified atom stereocenters. The number of nitrogens with one attached hydrogen (secondary N) is 1. The van der Waals surface area contributed by atoms with Gasteiger partial charge in [0.25, 0.3) is 5.91 Å². The van der Waals surface area contributed by atoms with Crippen LogP contribution in [0, 0.1) is 0 Å². The zero-order chi connectivity index (χ0) is 10.1. The smallest absolute Gasteiger partial charge is 0.273 e. The van der Waals surface area contributed by atoms with E-state index in [1.54, 1.807) is 17.3 Å². The summed E-state index contributed by atoms with van der Waals surface area (Å²) >= 11 is 1.46. The molecule has 1 aromatic heterocycles. The van der Waals surface area contributed by atoms with Crippen molar-refractivity contribution in [3.63, 3.8) is 0 Å². The summed E-state index contributed by atoms with van der Waals surface area (Å²) in [7, 11) is 3.65. The SMILES string of the molecule is CNc1nc(C(=O)N(C)C2CC2)cs1. The Bertz CT molecular complexity index is 346. The van der Waals surface area contributed by atoms with Crippen LogP contribution in [0.5, 0.6) is 0 Å². The summed E-state index contributed by atoms with van der Waals surface area (Å²) in [5.41, 5.74) is 0.550. The Morgan fingerprint density at radius 3 is 2.93 bits per heavy atom. The summed E-state index contributed by atoms with van der Waals surface area (Å²) in [4.78, 5) is 17.8. The molecule has 1 heterocycles. The third-order valence-corrected chi connectivity index (χ3v) is 3.21. The molecule has 4 nitrogen and oxygen atoms in total. The fourth-order valence-electron chi connectivity index (χ4n) is 1.30. The summed E-state index contributed by atoms with van der Waals surface area (Å²) in [6.45, 7) is 0. The zero-order valence-electron chi connectivity index (χ0n) is 8.28. The van der Waals surface area contributed by atoms with Gasteiger partial charge in [-0.1, -0.05) is 0 Å². The number of anilines is 1. The molecule has 1 aromatic rings. The molecule has 2 rings (SSSR count). The third kappa shape index (κ3) is 1.72. The molecule has 0 aromatic carbocycles. The second kappa shape index (κ2) is 3.57. The quantitative estimate of drug-likeness (QED) is 0.822. The van der Waals surface area contributed by atoms with E-state index in [4.69, 9.17) is 0 Å². The van der Waals surface area contributed by atoms with Gasteiger partial charge in [0.2, 0.25) is 0 Å². The topological polar surface area (TPSA) is 45.2 Å². The van der Waals surface area contributed by atoms with Gasteiger partial charge in [0.05, 0.1) is 0 Å². The summed E-state index contributed by atoms with van der Waals surface area (Å²) in [5.74, 6) is 0.0326. The lowest BCUT2D eigenvalue weighted by atomic mass is 10.4. The molecule has 1 saturated carbocycles. The molecule has 0 spiro atoms. The van der Waals surface area contributed by atoms with Crippen LogP contribution in [0.15, 0.2) is 5.38 Å². The molecule has 76 valence electrons. The van der Waals surface area contributed by atoms with E-state index < -0.39 is 0 Å². The Balaban J connectivity index is 2.09. The van der Waals surface area contributed by atoms with E-state index in [1.165, 1.54) is 11.3 Å². The number of carbonyl (C=O) groups excluding carboxylic acids is 1. The minimum atomic E-state index is 0.0326. The van der Waals surface area contributed by atoms with E-state index in [-0.39, 0.29) is 5.91 Å². The Morgan fingerprint density at radius 1 is 1.71 bits per heavy atom. The van der Waals surface area contributed by atoms with Crippen LogP contribution in [0.25, 0.3) is 0 Å². The Hall–Kier alpha value is -1.10. The Morgan fingerprint density at radius 2 is 2.43 bits per heavy atom. The normalized spacial score (nSPS) is 15.3. The van der Waals surface area contributed by atoms with Crippen LogP contribution >= 0.6 is 11.3 Å². The van der Waals surface area contributed by atoms with Crippen molar-refractivity contribution in [2.45, 2.75) is 18.9 Å². The molecule has 1 N–H and O–H groups in total. The van der Waals surface area contributed by atoms with E-state index in [9.17, 15) is 4.79 Å². The van der Waals surface area contributed by atoms with Crippen molar-refractivity contribution in [1.29, 1.82) is 0 Å². The molecule has 0 saturated heterocycles. The first-order valence-corrected chi connectivity index (χ1v) is 5.51. The number of carbonyl (C=O) groups is 1. The van der Waals surface area contributed by atoms with Crippen molar-refractivity contribution in [3.05, 3.63) is 11.1 Å². The second-order valence-electron chi connectivity index (χ2n) is 3.44. The van der Waals surface area contributed by atoms with Gasteiger partial charge in [0.15, 0.2) is 5.13 Å². The minimum Gasteiger partial charge on any atom is -0.365 e. The number of thiazole rings is 1. The fourth-order valence-corrected chi connectivity index (χ4v) is 1.94.